The van der Waals surface area contributed by atoms with E-state index in [1.54, 1.807) is 43.3 Å². The van der Waals surface area contributed by atoms with Crippen LogP contribution in [0.3, 0.4) is 0 Å². The van der Waals surface area contributed by atoms with Crippen LogP contribution in [0.25, 0.3) is 0 Å². The molecule has 0 saturated carbocycles. The maximum atomic E-state index is 12.5. The Labute approximate surface area is 169 Å². The summed E-state index contributed by atoms with van der Waals surface area (Å²) < 4.78 is 5.25. The van der Waals surface area contributed by atoms with E-state index >= 15 is 0 Å². The van der Waals surface area contributed by atoms with Gasteiger partial charge in [0.15, 0.2) is 6.61 Å². The van der Waals surface area contributed by atoms with E-state index in [2.05, 4.69) is 0 Å². The van der Waals surface area contributed by atoms with Gasteiger partial charge in [-0.15, -0.1) is 11.8 Å². The van der Waals surface area contributed by atoms with E-state index in [4.69, 9.17) is 4.74 Å². The highest BCUT2D eigenvalue weighted by Gasteiger charge is 2.19. The van der Waals surface area contributed by atoms with Crippen molar-refractivity contribution in [2.24, 2.45) is 0 Å². The minimum absolute atomic E-state index is 0.0511. The summed E-state index contributed by atoms with van der Waals surface area (Å²) in [5.74, 6) is -0.717. The van der Waals surface area contributed by atoms with Crippen molar-refractivity contribution >= 4 is 35.2 Å². The second-order valence-corrected chi connectivity index (χ2v) is 7.14. The predicted molar refractivity (Wildman–Crippen MR) is 111 cm³/mol. The topological polar surface area (TPSA) is 66.9 Å². The lowest BCUT2D eigenvalue weighted by atomic mass is 10.2. The van der Waals surface area contributed by atoms with Crippen molar-refractivity contribution in [3.8, 4) is 0 Å². The van der Waals surface area contributed by atoms with Gasteiger partial charge in [-0.1, -0.05) is 30.3 Å². The molecule has 0 spiro atoms. The number of ether oxygens (including phenoxy) is 1. The summed E-state index contributed by atoms with van der Waals surface area (Å²) in [4.78, 5) is 40.5. The number of thioether (sulfide) groups is 1. The van der Waals surface area contributed by atoms with Crippen LogP contribution in [0.15, 0.2) is 59.5 Å². The number of nitrogens with zero attached hydrogens (tertiary/aromatic N) is 2. The lowest BCUT2D eigenvalue weighted by Gasteiger charge is -2.21. The maximum absolute atomic E-state index is 12.5. The first-order chi connectivity index (χ1) is 13.4. The second-order valence-electron chi connectivity index (χ2n) is 6.12. The van der Waals surface area contributed by atoms with E-state index in [1.807, 2.05) is 37.3 Å². The van der Waals surface area contributed by atoms with Crippen molar-refractivity contribution in [2.75, 3.05) is 37.9 Å². The zero-order chi connectivity index (χ0) is 20.5. The maximum Gasteiger partial charge on any atom is 0.339 e. The highest BCUT2D eigenvalue weighted by molar-refractivity contribution is 8.00. The van der Waals surface area contributed by atoms with Crippen LogP contribution in [0, 0.1) is 0 Å². The quantitative estimate of drug-likeness (QED) is 0.503. The molecule has 2 amide bonds. The molecule has 2 aromatic rings. The molecule has 0 heterocycles. The van der Waals surface area contributed by atoms with Crippen molar-refractivity contribution in [2.45, 2.75) is 11.8 Å². The number of esters is 1. The van der Waals surface area contributed by atoms with Gasteiger partial charge < -0.3 is 14.5 Å². The average molecular weight is 401 g/mol. The Morgan fingerprint density at radius 3 is 2.21 bits per heavy atom. The van der Waals surface area contributed by atoms with Crippen molar-refractivity contribution < 1.29 is 19.1 Å². The summed E-state index contributed by atoms with van der Waals surface area (Å²) in [6.45, 7) is 1.98. The predicted octanol–water partition coefficient (Wildman–Crippen LogP) is 3.08. The van der Waals surface area contributed by atoms with Crippen LogP contribution >= 0.6 is 11.8 Å². The van der Waals surface area contributed by atoms with Crippen molar-refractivity contribution in [3.63, 3.8) is 0 Å². The van der Waals surface area contributed by atoms with Gasteiger partial charge in [-0.3, -0.25) is 9.59 Å². The fraction of sp³-hybridized carbons (Fsp3) is 0.286. The lowest BCUT2D eigenvalue weighted by Crippen LogP contribution is -2.34. The van der Waals surface area contributed by atoms with Gasteiger partial charge in [-0.25, -0.2) is 4.79 Å². The molecular weight excluding hydrogens is 376 g/mol. The summed E-state index contributed by atoms with van der Waals surface area (Å²) in [5, 5.41) is 0. The summed E-state index contributed by atoms with van der Waals surface area (Å²) in [6.07, 6.45) is 0. The third kappa shape index (κ3) is 5.85. The van der Waals surface area contributed by atoms with Gasteiger partial charge in [0.1, 0.15) is 0 Å². The number of carbonyl (C=O) groups is 3. The molecule has 28 heavy (non-hydrogen) atoms. The molecule has 0 bridgehead atoms. The standard InChI is InChI=1S/C21H24N2O4S/c1-4-23(16-10-6-5-7-11-16)19(24)14-27-21(26)17-12-8-9-13-18(17)28-15-20(25)22(2)3/h5-13H,4,14-15H2,1-3H3. The van der Waals surface area contributed by atoms with E-state index in [0.29, 0.717) is 17.0 Å². The Morgan fingerprint density at radius 2 is 1.57 bits per heavy atom. The van der Waals surface area contributed by atoms with Gasteiger partial charge in [0.2, 0.25) is 5.91 Å². The second kappa shape index (κ2) is 10.5. The fourth-order valence-electron chi connectivity index (χ4n) is 2.42. The summed E-state index contributed by atoms with van der Waals surface area (Å²) in [7, 11) is 3.36. The first kappa shape index (κ1) is 21.5. The molecule has 0 radical (unpaired) electrons. The summed E-state index contributed by atoms with van der Waals surface area (Å²) in [5.41, 5.74) is 1.10. The van der Waals surface area contributed by atoms with Crippen LogP contribution in [-0.2, 0) is 14.3 Å². The molecule has 0 aliphatic carbocycles. The van der Waals surface area contributed by atoms with Gasteiger partial charge >= 0.3 is 5.97 Å². The van der Waals surface area contributed by atoms with Crippen LogP contribution < -0.4 is 4.90 Å². The first-order valence-electron chi connectivity index (χ1n) is 8.88. The van der Waals surface area contributed by atoms with Crippen LogP contribution in [0.1, 0.15) is 17.3 Å². The number of rotatable bonds is 8. The Bertz CT molecular complexity index is 824. The number of amides is 2. The molecule has 0 aliphatic heterocycles. The fourth-order valence-corrected chi connectivity index (χ4v) is 3.44. The number of para-hydroxylation sites is 1. The normalized spacial score (nSPS) is 10.2. The number of hydrogen-bond acceptors (Lipinski definition) is 5. The van der Waals surface area contributed by atoms with E-state index in [9.17, 15) is 14.4 Å². The molecule has 0 aromatic heterocycles. The van der Waals surface area contributed by atoms with Gasteiger partial charge in [-0.05, 0) is 31.2 Å². The molecule has 0 N–H and O–H groups in total. The number of likely N-dealkylation sites (N-methyl/N-ethyl adjacent to an activating group) is 1. The summed E-state index contributed by atoms with van der Waals surface area (Å²) >= 11 is 1.27. The monoisotopic (exact) mass is 400 g/mol. The smallest absolute Gasteiger partial charge is 0.339 e. The highest BCUT2D eigenvalue weighted by Crippen LogP contribution is 2.23. The molecule has 0 aliphatic rings. The lowest BCUT2D eigenvalue weighted by molar-refractivity contribution is -0.126. The van der Waals surface area contributed by atoms with Gasteiger partial charge in [0.25, 0.3) is 5.91 Å². The molecular formula is C21H24N2O4S. The third-order valence-corrected chi connectivity index (χ3v) is 5.03. The number of benzene rings is 2. The average Bonchev–Trinajstić information content (AvgIpc) is 2.71. The van der Waals surface area contributed by atoms with E-state index in [-0.39, 0.29) is 24.2 Å². The third-order valence-electron chi connectivity index (χ3n) is 3.97. The van der Waals surface area contributed by atoms with Gasteiger partial charge in [0.05, 0.1) is 11.3 Å². The Hall–Kier alpha value is -2.80. The van der Waals surface area contributed by atoms with Crippen LogP contribution in [0.2, 0.25) is 0 Å². The number of hydrogen-bond donors (Lipinski definition) is 0. The molecule has 0 unspecified atom stereocenters. The SMILES string of the molecule is CCN(C(=O)COC(=O)c1ccccc1SCC(=O)N(C)C)c1ccccc1. The Morgan fingerprint density at radius 1 is 0.929 bits per heavy atom. The molecule has 2 rings (SSSR count). The Balaban J connectivity index is 2.01. The highest BCUT2D eigenvalue weighted by atomic mass is 32.2. The zero-order valence-electron chi connectivity index (χ0n) is 16.3. The molecule has 6 nitrogen and oxygen atoms in total. The minimum atomic E-state index is -0.585. The molecule has 148 valence electrons. The molecule has 0 atom stereocenters. The van der Waals surface area contributed by atoms with Crippen molar-refractivity contribution in [3.05, 3.63) is 60.2 Å². The van der Waals surface area contributed by atoms with E-state index < -0.39 is 5.97 Å². The van der Waals surface area contributed by atoms with E-state index in [0.717, 1.165) is 5.69 Å². The molecule has 0 fully saturated rings. The van der Waals surface area contributed by atoms with Crippen molar-refractivity contribution in [1.29, 1.82) is 0 Å². The minimum Gasteiger partial charge on any atom is -0.452 e. The van der Waals surface area contributed by atoms with Crippen LogP contribution in [0.4, 0.5) is 5.69 Å². The number of carbonyl (C=O) groups excluding carboxylic acids is 3. The summed E-state index contributed by atoms with van der Waals surface area (Å²) in [6, 6.07) is 16.1. The molecule has 7 heteroatoms. The molecule has 0 saturated heterocycles. The first-order valence-corrected chi connectivity index (χ1v) is 9.87. The van der Waals surface area contributed by atoms with Gasteiger partial charge in [0, 0.05) is 31.2 Å². The largest absolute Gasteiger partial charge is 0.452 e. The zero-order valence-corrected chi connectivity index (χ0v) is 17.1. The van der Waals surface area contributed by atoms with Crippen LogP contribution in [-0.4, -0.2) is 55.7 Å². The van der Waals surface area contributed by atoms with Gasteiger partial charge in [-0.2, -0.15) is 0 Å². The Kier molecular flexibility index (Phi) is 8.07. The molecule has 2 aromatic carbocycles. The number of anilines is 1. The van der Waals surface area contributed by atoms with E-state index in [1.165, 1.54) is 16.7 Å². The van der Waals surface area contributed by atoms with Crippen molar-refractivity contribution in [1.82, 2.24) is 4.90 Å². The van der Waals surface area contributed by atoms with Crippen LogP contribution in [0.5, 0.6) is 0 Å².